The molecule has 1 unspecified atom stereocenters. The minimum absolute atomic E-state index is 0.493. The maximum absolute atomic E-state index is 5.79. The van der Waals surface area contributed by atoms with Crippen molar-refractivity contribution in [1.29, 1.82) is 0 Å². The van der Waals surface area contributed by atoms with Gasteiger partial charge in [-0.05, 0) is 6.92 Å². The van der Waals surface area contributed by atoms with E-state index >= 15 is 0 Å². The highest BCUT2D eigenvalue weighted by Crippen LogP contribution is 2.35. The summed E-state index contributed by atoms with van der Waals surface area (Å²) < 4.78 is 16.5. The van der Waals surface area contributed by atoms with E-state index < -0.39 is 5.79 Å². The number of aryl methyl sites for hydroxylation is 1. The van der Waals surface area contributed by atoms with Gasteiger partial charge in [0, 0.05) is 40.6 Å². The Hall–Kier alpha value is -0.700. The summed E-state index contributed by atoms with van der Waals surface area (Å²) in [7, 11) is 2.24. The second kappa shape index (κ2) is 6.46. The zero-order valence-electron chi connectivity index (χ0n) is 11.7. The average Bonchev–Trinajstić information content (AvgIpc) is 2.35. The Morgan fingerprint density at radius 3 is 2.72 bits per heavy atom. The Morgan fingerprint density at radius 2 is 2.11 bits per heavy atom. The van der Waals surface area contributed by atoms with Crippen molar-refractivity contribution < 1.29 is 14.0 Å². The molecule has 0 saturated heterocycles. The lowest BCUT2D eigenvalue weighted by molar-refractivity contribution is -0.181. The third-order valence-corrected chi connectivity index (χ3v) is 2.72. The molecule has 18 heavy (non-hydrogen) atoms. The van der Waals surface area contributed by atoms with Crippen molar-refractivity contribution >= 4 is 9.47 Å². The van der Waals surface area contributed by atoms with E-state index in [0.29, 0.717) is 13.2 Å². The van der Waals surface area contributed by atoms with Crippen molar-refractivity contribution in [3.05, 3.63) is 23.0 Å². The lowest BCUT2D eigenvalue weighted by Crippen LogP contribution is -2.36. The van der Waals surface area contributed by atoms with Crippen LogP contribution in [0.15, 0.2) is 6.20 Å². The molecule has 0 fully saturated rings. The molecule has 102 valence electrons. The Morgan fingerprint density at radius 1 is 1.44 bits per heavy atom. The molecule has 1 aliphatic rings. The van der Waals surface area contributed by atoms with Crippen molar-refractivity contribution in [3.63, 3.8) is 0 Å². The van der Waals surface area contributed by atoms with Gasteiger partial charge in [-0.2, -0.15) is 0 Å². The van der Waals surface area contributed by atoms with Gasteiger partial charge in [-0.15, -0.1) is 0 Å². The Bertz CT molecular complexity index is 407. The number of ether oxygens (including phenoxy) is 2. The van der Waals surface area contributed by atoms with Gasteiger partial charge in [-0.3, -0.25) is 4.98 Å². The molecule has 1 aromatic rings. The molecule has 0 amide bonds. The van der Waals surface area contributed by atoms with Crippen LogP contribution in [0.25, 0.3) is 0 Å². The molecule has 0 bridgehead atoms. The van der Waals surface area contributed by atoms with Crippen LogP contribution < -0.4 is 4.74 Å². The molecule has 2 rings (SSSR count). The minimum Gasteiger partial charge on any atom is -0.461 e. The maximum atomic E-state index is 5.79. The summed E-state index contributed by atoms with van der Waals surface area (Å²) in [6.07, 6.45) is 1.81. The number of fused-ring (bicyclic) bond motifs is 1. The van der Waals surface area contributed by atoms with Crippen LogP contribution in [0.3, 0.4) is 0 Å². The molecule has 4 nitrogen and oxygen atoms in total. The molecule has 0 N–H and O–H groups in total. The fourth-order valence-electron chi connectivity index (χ4n) is 1.70. The largest absolute Gasteiger partial charge is 0.461 e. The Labute approximate surface area is 111 Å². The summed E-state index contributed by atoms with van der Waals surface area (Å²) >= 11 is 0. The van der Waals surface area contributed by atoms with Crippen LogP contribution in [-0.2, 0) is 22.5 Å². The highest BCUT2D eigenvalue weighted by molar-refractivity contribution is 7.09. The topological polar surface area (TPSA) is 40.6 Å². The van der Waals surface area contributed by atoms with E-state index in [1.54, 1.807) is 0 Å². The number of rotatable bonds is 2. The molecule has 1 aliphatic heterocycles. The third kappa shape index (κ3) is 3.41. The van der Waals surface area contributed by atoms with Gasteiger partial charge in [-0.1, -0.05) is 13.8 Å². The van der Waals surface area contributed by atoms with Gasteiger partial charge < -0.3 is 14.0 Å². The van der Waals surface area contributed by atoms with E-state index in [1.165, 1.54) is 0 Å². The molecule has 1 aromatic heterocycles. The lowest BCUT2D eigenvalue weighted by Gasteiger charge is -2.34. The summed E-state index contributed by atoms with van der Waals surface area (Å²) in [5.74, 6) is 0.246. The molecule has 5 heteroatoms. The van der Waals surface area contributed by atoms with Gasteiger partial charge >= 0.3 is 0 Å². The zero-order chi connectivity index (χ0) is 13.8. The molecular formula is C13H22NO3P. The van der Waals surface area contributed by atoms with Gasteiger partial charge in [-0.25, -0.2) is 0 Å². The van der Waals surface area contributed by atoms with Gasteiger partial charge in [0.05, 0.1) is 18.9 Å². The van der Waals surface area contributed by atoms with Crippen LogP contribution in [0.2, 0.25) is 0 Å². The SMILES string of the molecule is CC.Cc1ncc(COP)c2c1OC(C)(C)OC2. The quantitative estimate of drug-likeness (QED) is 0.773. The predicted molar refractivity (Wildman–Crippen MR) is 74.3 cm³/mol. The van der Waals surface area contributed by atoms with Crippen molar-refractivity contribution in [2.24, 2.45) is 0 Å². The van der Waals surface area contributed by atoms with Crippen LogP contribution in [0.4, 0.5) is 0 Å². The smallest absolute Gasteiger partial charge is 0.205 e. The molecule has 0 radical (unpaired) electrons. The van der Waals surface area contributed by atoms with Crippen LogP contribution >= 0.6 is 9.47 Å². The van der Waals surface area contributed by atoms with Crippen molar-refractivity contribution in [3.8, 4) is 5.75 Å². The number of hydrogen-bond acceptors (Lipinski definition) is 4. The van der Waals surface area contributed by atoms with E-state index in [9.17, 15) is 0 Å². The summed E-state index contributed by atoms with van der Waals surface area (Å²) in [4.78, 5) is 4.31. The standard InChI is InChI=1S/C11H16NO3P.C2H6/c1-7-10-9(6-13-11(2,3)15-10)8(4-12-7)5-14-16;1-2/h4H,5-6,16H2,1-3H3;1-2H3. The van der Waals surface area contributed by atoms with E-state index in [1.807, 2.05) is 40.8 Å². The van der Waals surface area contributed by atoms with E-state index in [4.69, 9.17) is 14.0 Å². The minimum atomic E-state index is -0.583. The zero-order valence-corrected chi connectivity index (χ0v) is 12.9. The fourth-order valence-corrected chi connectivity index (χ4v) is 1.88. The van der Waals surface area contributed by atoms with Crippen molar-refractivity contribution in [2.75, 3.05) is 0 Å². The number of nitrogens with zero attached hydrogens (tertiary/aromatic N) is 1. The van der Waals surface area contributed by atoms with Crippen LogP contribution in [0, 0.1) is 6.92 Å². The number of pyridine rings is 1. The number of aromatic nitrogens is 1. The predicted octanol–water partition coefficient (Wildman–Crippen LogP) is 3.37. The second-order valence-corrected chi connectivity index (χ2v) is 4.61. The average molecular weight is 271 g/mol. The highest BCUT2D eigenvalue weighted by Gasteiger charge is 2.30. The first kappa shape index (κ1) is 15.4. The second-order valence-electron chi connectivity index (χ2n) is 4.28. The van der Waals surface area contributed by atoms with Gasteiger partial charge in [0.2, 0.25) is 5.79 Å². The van der Waals surface area contributed by atoms with Gasteiger partial charge in [0.1, 0.15) is 5.75 Å². The van der Waals surface area contributed by atoms with E-state index in [2.05, 4.69) is 14.5 Å². The summed E-state index contributed by atoms with van der Waals surface area (Å²) in [6.45, 7) is 10.8. The molecular weight excluding hydrogens is 249 g/mol. The van der Waals surface area contributed by atoms with Crippen LogP contribution in [0.1, 0.15) is 44.5 Å². The first-order valence-corrected chi connectivity index (χ1v) is 6.62. The Balaban J connectivity index is 0.000000771. The number of hydrogen-bond donors (Lipinski definition) is 0. The highest BCUT2D eigenvalue weighted by atomic mass is 31.0. The van der Waals surface area contributed by atoms with Crippen LogP contribution in [0.5, 0.6) is 5.75 Å². The monoisotopic (exact) mass is 271 g/mol. The first-order chi connectivity index (χ1) is 8.53. The molecule has 0 saturated carbocycles. The van der Waals surface area contributed by atoms with Crippen LogP contribution in [-0.4, -0.2) is 10.8 Å². The molecule has 0 aromatic carbocycles. The van der Waals surface area contributed by atoms with Crippen molar-refractivity contribution in [2.45, 2.75) is 53.6 Å². The van der Waals surface area contributed by atoms with Gasteiger partial charge in [0.25, 0.3) is 0 Å². The first-order valence-electron chi connectivity index (χ1n) is 6.15. The fraction of sp³-hybridized carbons (Fsp3) is 0.615. The third-order valence-electron chi connectivity index (χ3n) is 2.56. The van der Waals surface area contributed by atoms with E-state index in [0.717, 1.165) is 22.6 Å². The maximum Gasteiger partial charge on any atom is 0.205 e. The summed E-state index contributed by atoms with van der Waals surface area (Å²) in [6, 6.07) is 0. The lowest BCUT2D eigenvalue weighted by atomic mass is 10.1. The molecule has 2 heterocycles. The summed E-state index contributed by atoms with van der Waals surface area (Å²) in [5.41, 5.74) is 2.93. The summed E-state index contributed by atoms with van der Waals surface area (Å²) in [5, 5.41) is 0. The molecule has 1 atom stereocenters. The van der Waals surface area contributed by atoms with E-state index in [-0.39, 0.29) is 0 Å². The van der Waals surface area contributed by atoms with Crippen molar-refractivity contribution in [1.82, 2.24) is 4.98 Å². The normalized spacial score (nSPS) is 16.1. The molecule has 0 spiro atoms. The van der Waals surface area contributed by atoms with Gasteiger partial charge in [0.15, 0.2) is 0 Å². The Kier molecular flexibility index (Phi) is 5.51. The molecule has 0 aliphatic carbocycles.